The monoisotopic (exact) mass is 372 g/mol. The van der Waals surface area contributed by atoms with Crippen molar-refractivity contribution in [2.75, 3.05) is 0 Å². The molecule has 2 aromatic carbocycles. The maximum atomic E-state index is 12.4. The lowest BCUT2D eigenvalue weighted by atomic mass is 10.2. The van der Waals surface area contributed by atoms with E-state index in [2.05, 4.69) is 15.0 Å². The summed E-state index contributed by atoms with van der Waals surface area (Å²) in [5, 5.41) is 2.69. The lowest BCUT2D eigenvalue weighted by Gasteiger charge is -2.11. The molecule has 0 radical (unpaired) electrons. The fourth-order valence-electron chi connectivity index (χ4n) is 2.57. The number of hydrogen-bond donors (Lipinski definition) is 1. The number of benzene rings is 2. The predicted octanol–water partition coefficient (Wildman–Crippen LogP) is 4.11. The first kappa shape index (κ1) is 18.6. The minimum atomic E-state index is -2.92. The third kappa shape index (κ3) is 4.91. The molecule has 0 saturated heterocycles. The molecule has 0 bridgehead atoms. The first-order chi connectivity index (χ1) is 13.0. The molecule has 27 heavy (non-hydrogen) atoms. The van der Waals surface area contributed by atoms with E-state index in [0.29, 0.717) is 22.9 Å². The van der Waals surface area contributed by atoms with Gasteiger partial charge in [0.15, 0.2) is 0 Å². The Morgan fingerprint density at radius 2 is 1.85 bits per heavy atom. The summed E-state index contributed by atoms with van der Waals surface area (Å²) in [5.41, 5.74) is 1.82. The van der Waals surface area contributed by atoms with Gasteiger partial charge in [-0.25, -0.2) is 4.98 Å². The predicted molar refractivity (Wildman–Crippen MR) is 95.3 cm³/mol. The minimum Gasteiger partial charge on any atom is -0.441 e. The Kier molecular flexibility index (Phi) is 5.80. The number of carbonyl (C=O) groups excluding carboxylic acids is 1. The number of amides is 1. The Morgan fingerprint density at radius 1 is 1.15 bits per heavy atom. The molecule has 0 unspecified atom stereocenters. The standard InChI is InChI=1S/C20H18F2N2O3/c1-13-16(24-19(26-13)14-7-3-2-4-8-14)11-18(25)23-12-15-9-5-6-10-17(15)27-20(21)22/h2-10,20H,11-12H2,1H3,(H,23,25). The first-order valence-electron chi connectivity index (χ1n) is 8.34. The first-order valence-corrected chi connectivity index (χ1v) is 8.34. The van der Waals surface area contributed by atoms with Crippen molar-refractivity contribution in [3.8, 4) is 17.2 Å². The Labute approximate surface area is 155 Å². The van der Waals surface area contributed by atoms with E-state index in [1.165, 1.54) is 6.07 Å². The molecule has 3 aromatic rings. The second kappa shape index (κ2) is 8.44. The number of ether oxygens (including phenoxy) is 1. The van der Waals surface area contributed by atoms with Crippen molar-refractivity contribution in [1.82, 2.24) is 10.3 Å². The van der Waals surface area contributed by atoms with E-state index in [1.807, 2.05) is 30.3 Å². The van der Waals surface area contributed by atoms with Crippen LogP contribution in [-0.2, 0) is 17.8 Å². The maximum Gasteiger partial charge on any atom is 0.387 e. The molecule has 0 aliphatic heterocycles. The minimum absolute atomic E-state index is 0.0278. The largest absolute Gasteiger partial charge is 0.441 e. The zero-order valence-electron chi connectivity index (χ0n) is 14.6. The number of aromatic nitrogens is 1. The van der Waals surface area contributed by atoms with Crippen molar-refractivity contribution in [3.63, 3.8) is 0 Å². The lowest BCUT2D eigenvalue weighted by molar-refractivity contribution is -0.120. The molecule has 1 N–H and O–H groups in total. The van der Waals surface area contributed by atoms with Crippen LogP contribution in [0.2, 0.25) is 0 Å². The Morgan fingerprint density at radius 3 is 2.59 bits per heavy atom. The normalized spacial score (nSPS) is 10.8. The van der Waals surface area contributed by atoms with E-state index in [1.54, 1.807) is 25.1 Å². The molecule has 1 aromatic heterocycles. The highest BCUT2D eigenvalue weighted by atomic mass is 19.3. The van der Waals surface area contributed by atoms with E-state index in [-0.39, 0.29) is 24.6 Å². The zero-order chi connectivity index (χ0) is 19.2. The number of halogens is 2. The molecule has 0 spiro atoms. The van der Waals surface area contributed by atoms with Crippen LogP contribution < -0.4 is 10.1 Å². The van der Waals surface area contributed by atoms with E-state index < -0.39 is 6.61 Å². The number of para-hydroxylation sites is 1. The van der Waals surface area contributed by atoms with Gasteiger partial charge in [-0.3, -0.25) is 4.79 Å². The van der Waals surface area contributed by atoms with Crippen LogP contribution in [0.4, 0.5) is 8.78 Å². The van der Waals surface area contributed by atoms with Crippen molar-refractivity contribution < 1.29 is 22.7 Å². The van der Waals surface area contributed by atoms with Gasteiger partial charge < -0.3 is 14.5 Å². The fourth-order valence-corrected chi connectivity index (χ4v) is 2.57. The summed E-state index contributed by atoms with van der Waals surface area (Å²) < 4.78 is 35.0. The Bertz CT molecular complexity index is 911. The van der Waals surface area contributed by atoms with E-state index in [4.69, 9.17) is 4.42 Å². The van der Waals surface area contributed by atoms with Crippen LogP contribution in [0.15, 0.2) is 59.0 Å². The molecule has 0 saturated carbocycles. The number of alkyl halides is 2. The number of oxazole rings is 1. The number of nitrogens with one attached hydrogen (secondary N) is 1. The summed E-state index contributed by atoms with van der Waals surface area (Å²) in [6.45, 7) is -1.10. The van der Waals surface area contributed by atoms with Crippen LogP contribution in [0.5, 0.6) is 5.75 Å². The summed E-state index contributed by atoms with van der Waals surface area (Å²) in [4.78, 5) is 16.6. The third-order valence-electron chi connectivity index (χ3n) is 3.91. The van der Waals surface area contributed by atoms with Crippen LogP contribution in [-0.4, -0.2) is 17.5 Å². The van der Waals surface area contributed by atoms with Gasteiger partial charge in [0, 0.05) is 17.7 Å². The maximum absolute atomic E-state index is 12.4. The highest BCUT2D eigenvalue weighted by Crippen LogP contribution is 2.22. The van der Waals surface area contributed by atoms with E-state index in [9.17, 15) is 13.6 Å². The van der Waals surface area contributed by atoms with Crippen LogP contribution >= 0.6 is 0 Å². The molecule has 1 heterocycles. The van der Waals surface area contributed by atoms with Crippen molar-refractivity contribution in [2.24, 2.45) is 0 Å². The van der Waals surface area contributed by atoms with Gasteiger partial charge in [0.05, 0.1) is 12.1 Å². The Balaban J connectivity index is 1.63. The average Bonchev–Trinajstić information content (AvgIpc) is 3.02. The SMILES string of the molecule is Cc1oc(-c2ccccc2)nc1CC(=O)NCc1ccccc1OC(F)F. The third-order valence-corrected chi connectivity index (χ3v) is 3.91. The summed E-state index contributed by atoms with van der Waals surface area (Å²) in [6.07, 6.45) is 0.0278. The van der Waals surface area contributed by atoms with Crippen molar-refractivity contribution in [3.05, 3.63) is 71.6 Å². The van der Waals surface area contributed by atoms with Crippen LogP contribution in [0, 0.1) is 6.92 Å². The number of carbonyl (C=O) groups is 1. The summed E-state index contributed by atoms with van der Waals surface area (Å²) in [5.74, 6) is 0.756. The molecular weight excluding hydrogens is 354 g/mol. The number of aryl methyl sites for hydroxylation is 1. The molecular formula is C20H18F2N2O3. The number of rotatable bonds is 7. The molecule has 7 heteroatoms. The van der Waals surface area contributed by atoms with E-state index >= 15 is 0 Å². The number of hydrogen-bond acceptors (Lipinski definition) is 4. The second-order valence-electron chi connectivity index (χ2n) is 5.83. The fraction of sp³-hybridized carbons (Fsp3) is 0.200. The zero-order valence-corrected chi connectivity index (χ0v) is 14.6. The van der Waals surface area contributed by atoms with Gasteiger partial charge in [0.25, 0.3) is 0 Å². The van der Waals surface area contributed by atoms with Gasteiger partial charge in [0.1, 0.15) is 11.5 Å². The van der Waals surface area contributed by atoms with Crippen LogP contribution in [0.3, 0.4) is 0 Å². The molecule has 0 fully saturated rings. The molecule has 3 rings (SSSR count). The topological polar surface area (TPSA) is 64.4 Å². The van der Waals surface area contributed by atoms with Crippen LogP contribution in [0.1, 0.15) is 17.0 Å². The van der Waals surface area contributed by atoms with E-state index in [0.717, 1.165) is 5.56 Å². The van der Waals surface area contributed by atoms with Crippen LogP contribution in [0.25, 0.3) is 11.5 Å². The average molecular weight is 372 g/mol. The summed E-state index contributed by atoms with van der Waals surface area (Å²) >= 11 is 0. The van der Waals surface area contributed by atoms with Gasteiger partial charge in [-0.05, 0) is 25.1 Å². The number of nitrogens with zero attached hydrogens (tertiary/aromatic N) is 1. The Hall–Kier alpha value is -3.22. The second-order valence-corrected chi connectivity index (χ2v) is 5.83. The van der Waals surface area contributed by atoms with Gasteiger partial charge in [-0.2, -0.15) is 8.78 Å². The van der Waals surface area contributed by atoms with Gasteiger partial charge in [-0.15, -0.1) is 0 Å². The van der Waals surface area contributed by atoms with Gasteiger partial charge in [0.2, 0.25) is 11.8 Å². The highest BCUT2D eigenvalue weighted by Gasteiger charge is 2.15. The summed E-state index contributed by atoms with van der Waals surface area (Å²) in [6, 6.07) is 15.7. The lowest BCUT2D eigenvalue weighted by Crippen LogP contribution is -2.25. The molecule has 5 nitrogen and oxygen atoms in total. The molecule has 140 valence electrons. The molecule has 1 amide bonds. The molecule has 0 atom stereocenters. The molecule has 0 aliphatic carbocycles. The van der Waals surface area contributed by atoms with Crippen molar-refractivity contribution in [1.29, 1.82) is 0 Å². The quantitative estimate of drug-likeness (QED) is 0.678. The van der Waals surface area contributed by atoms with Crippen molar-refractivity contribution in [2.45, 2.75) is 26.5 Å². The van der Waals surface area contributed by atoms with Gasteiger partial charge in [-0.1, -0.05) is 36.4 Å². The highest BCUT2D eigenvalue weighted by molar-refractivity contribution is 5.78. The molecule has 0 aliphatic rings. The van der Waals surface area contributed by atoms with Gasteiger partial charge >= 0.3 is 6.61 Å². The smallest absolute Gasteiger partial charge is 0.387 e. The van der Waals surface area contributed by atoms with Crippen molar-refractivity contribution >= 4 is 5.91 Å². The summed E-state index contributed by atoms with van der Waals surface area (Å²) in [7, 11) is 0.